The van der Waals surface area contributed by atoms with E-state index in [9.17, 15) is 0 Å². The van der Waals surface area contributed by atoms with E-state index in [4.69, 9.17) is 0 Å². The first-order chi connectivity index (χ1) is 9.81. The fourth-order valence-electron chi connectivity index (χ4n) is 2.74. The second-order valence-electron chi connectivity index (χ2n) is 5.43. The van der Waals surface area contributed by atoms with Crippen molar-refractivity contribution in [2.75, 3.05) is 11.9 Å². The lowest BCUT2D eigenvalue weighted by Crippen LogP contribution is -2.29. The zero-order chi connectivity index (χ0) is 13.8. The number of pyridine rings is 1. The number of anilines is 1. The van der Waals surface area contributed by atoms with Gasteiger partial charge >= 0.3 is 0 Å². The maximum atomic E-state index is 4.43. The van der Waals surface area contributed by atoms with Crippen LogP contribution in [0.4, 0.5) is 5.69 Å². The molecule has 106 valence electrons. The van der Waals surface area contributed by atoms with Crippen LogP contribution in [-0.2, 0) is 0 Å². The Morgan fingerprint density at radius 2 is 2.45 bits per heavy atom. The molecule has 1 fully saturated rings. The molecule has 1 saturated heterocycles. The Labute approximate surface area is 119 Å². The van der Waals surface area contributed by atoms with Crippen molar-refractivity contribution < 1.29 is 0 Å². The van der Waals surface area contributed by atoms with Gasteiger partial charge in [-0.05, 0) is 50.9 Å². The molecule has 5 nitrogen and oxygen atoms in total. The Kier molecular flexibility index (Phi) is 3.97. The minimum absolute atomic E-state index is 0.447. The second-order valence-corrected chi connectivity index (χ2v) is 5.43. The molecule has 20 heavy (non-hydrogen) atoms. The lowest BCUT2D eigenvalue weighted by Gasteiger charge is -2.19. The van der Waals surface area contributed by atoms with E-state index in [1.54, 1.807) is 10.9 Å². The van der Waals surface area contributed by atoms with Gasteiger partial charge in [-0.1, -0.05) is 0 Å². The Balaban J connectivity index is 1.57. The summed E-state index contributed by atoms with van der Waals surface area (Å²) in [5.41, 5.74) is 1.06. The standard InChI is InChI=1S/C15H21N5/c1-12(10-13-4-2-7-16-13)19-14-5-6-15(17-11-14)20-9-3-8-18-20/h3,5-6,8-9,11-13,16,19H,2,4,7,10H2,1H3. The largest absolute Gasteiger partial charge is 0.381 e. The number of aromatic nitrogens is 3. The highest BCUT2D eigenvalue weighted by atomic mass is 15.3. The molecule has 2 N–H and O–H groups in total. The predicted octanol–water partition coefficient (Wildman–Crippen LogP) is 2.21. The monoisotopic (exact) mass is 271 g/mol. The first kappa shape index (κ1) is 13.1. The van der Waals surface area contributed by atoms with Crippen molar-refractivity contribution in [2.45, 2.75) is 38.3 Å². The van der Waals surface area contributed by atoms with E-state index in [-0.39, 0.29) is 0 Å². The van der Waals surface area contributed by atoms with Crippen molar-refractivity contribution >= 4 is 5.69 Å². The average molecular weight is 271 g/mol. The van der Waals surface area contributed by atoms with Crippen LogP contribution in [0.5, 0.6) is 0 Å². The van der Waals surface area contributed by atoms with Crippen molar-refractivity contribution in [3.8, 4) is 5.82 Å². The molecular weight excluding hydrogens is 250 g/mol. The summed E-state index contributed by atoms with van der Waals surface area (Å²) in [5, 5.41) is 11.2. The normalized spacial score (nSPS) is 19.9. The van der Waals surface area contributed by atoms with Crippen LogP contribution in [0.15, 0.2) is 36.8 Å². The van der Waals surface area contributed by atoms with E-state index in [1.165, 1.54) is 12.8 Å². The third-order valence-corrected chi connectivity index (χ3v) is 3.70. The van der Waals surface area contributed by atoms with E-state index in [2.05, 4.69) is 33.7 Å². The molecule has 1 aliphatic heterocycles. The topological polar surface area (TPSA) is 54.8 Å². The van der Waals surface area contributed by atoms with E-state index >= 15 is 0 Å². The van der Waals surface area contributed by atoms with Crippen LogP contribution in [0.25, 0.3) is 5.82 Å². The molecule has 0 bridgehead atoms. The molecule has 3 heterocycles. The smallest absolute Gasteiger partial charge is 0.153 e. The number of nitrogens with zero attached hydrogens (tertiary/aromatic N) is 3. The van der Waals surface area contributed by atoms with Crippen LogP contribution in [-0.4, -0.2) is 33.4 Å². The molecule has 0 aromatic carbocycles. The van der Waals surface area contributed by atoms with E-state index in [0.717, 1.165) is 24.5 Å². The summed E-state index contributed by atoms with van der Waals surface area (Å²) in [6.07, 6.45) is 9.27. The van der Waals surface area contributed by atoms with Gasteiger partial charge in [0, 0.05) is 24.5 Å². The van der Waals surface area contributed by atoms with Crippen LogP contribution in [0.3, 0.4) is 0 Å². The number of hydrogen-bond acceptors (Lipinski definition) is 4. The summed E-state index contributed by atoms with van der Waals surface area (Å²) in [7, 11) is 0. The minimum atomic E-state index is 0.447. The highest BCUT2D eigenvalue weighted by Crippen LogP contribution is 2.15. The summed E-state index contributed by atoms with van der Waals surface area (Å²) in [6, 6.07) is 7.04. The lowest BCUT2D eigenvalue weighted by molar-refractivity contribution is 0.523. The molecule has 2 atom stereocenters. The highest BCUT2D eigenvalue weighted by molar-refractivity contribution is 5.44. The molecule has 2 unspecified atom stereocenters. The van der Waals surface area contributed by atoms with Gasteiger partial charge in [0.05, 0.1) is 11.9 Å². The van der Waals surface area contributed by atoms with Gasteiger partial charge in [0.25, 0.3) is 0 Å². The second kappa shape index (κ2) is 6.05. The van der Waals surface area contributed by atoms with Crippen molar-refractivity contribution in [2.24, 2.45) is 0 Å². The van der Waals surface area contributed by atoms with Gasteiger partial charge in [-0.25, -0.2) is 9.67 Å². The molecule has 5 heteroatoms. The fraction of sp³-hybridized carbons (Fsp3) is 0.467. The van der Waals surface area contributed by atoms with Crippen LogP contribution in [0.2, 0.25) is 0 Å². The molecule has 0 aliphatic carbocycles. The summed E-state index contributed by atoms with van der Waals surface area (Å²) in [6.45, 7) is 3.39. The molecule has 0 radical (unpaired) electrons. The van der Waals surface area contributed by atoms with E-state index in [0.29, 0.717) is 12.1 Å². The van der Waals surface area contributed by atoms with Gasteiger partial charge < -0.3 is 10.6 Å². The summed E-state index contributed by atoms with van der Waals surface area (Å²) in [5.74, 6) is 0.839. The summed E-state index contributed by atoms with van der Waals surface area (Å²) < 4.78 is 1.76. The van der Waals surface area contributed by atoms with Crippen molar-refractivity contribution in [3.63, 3.8) is 0 Å². The Bertz CT molecular complexity index is 514. The van der Waals surface area contributed by atoms with Gasteiger partial charge in [0.2, 0.25) is 0 Å². The highest BCUT2D eigenvalue weighted by Gasteiger charge is 2.16. The Morgan fingerprint density at radius 1 is 1.50 bits per heavy atom. The van der Waals surface area contributed by atoms with E-state index in [1.807, 2.05) is 24.5 Å². The maximum absolute atomic E-state index is 4.43. The number of rotatable bonds is 5. The van der Waals surface area contributed by atoms with Gasteiger partial charge in [-0.2, -0.15) is 5.10 Å². The Morgan fingerprint density at radius 3 is 3.10 bits per heavy atom. The quantitative estimate of drug-likeness (QED) is 0.875. The van der Waals surface area contributed by atoms with Crippen LogP contribution in [0.1, 0.15) is 26.2 Å². The molecular formula is C15H21N5. The average Bonchev–Trinajstić information content (AvgIpc) is 3.12. The van der Waals surface area contributed by atoms with E-state index < -0.39 is 0 Å². The first-order valence-corrected chi connectivity index (χ1v) is 7.27. The minimum Gasteiger partial charge on any atom is -0.381 e. The third kappa shape index (κ3) is 3.17. The van der Waals surface area contributed by atoms with Crippen LogP contribution >= 0.6 is 0 Å². The van der Waals surface area contributed by atoms with Gasteiger partial charge in [-0.15, -0.1) is 0 Å². The fourth-order valence-corrected chi connectivity index (χ4v) is 2.74. The van der Waals surface area contributed by atoms with Gasteiger partial charge in [0.15, 0.2) is 5.82 Å². The molecule has 1 aliphatic rings. The Hall–Kier alpha value is -1.88. The summed E-state index contributed by atoms with van der Waals surface area (Å²) >= 11 is 0. The molecule has 2 aromatic heterocycles. The zero-order valence-electron chi connectivity index (χ0n) is 11.8. The summed E-state index contributed by atoms with van der Waals surface area (Å²) in [4.78, 5) is 4.43. The zero-order valence-corrected chi connectivity index (χ0v) is 11.8. The lowest BCUT2D eigenvalue weighted by atomic mass is 10.1. The van der Waals surface area contributed by atoms with Crippen molar-refractivity contribution in [1.82, 2.24) is 20.1 Å². The SMILES string of the molecule is CC(CC1CCCN1)Nc1ccc(-n2cccn2)nc1. The molecule has 2 aromatic rings. The first-order valence-electron chi connectivity index (χ1n) is 7.27. The molecule has 0 spiro atoms. The van der Waals surface area contributed by atoms with Gasteiger partial charge in [0.1, 0.15) is 0 Å². The van der Waals surface area contributed by atoms with Gasteiger partial charge in [-0.3, -0.25) is 0 Å². The predicted molar refractivity (Wildman–Crippen MR) is 80.1 cm³/mol. The molecule has 0 amide bonds. The van der Waals surface area contributed by atoms with Crippen LogP contribution in [0, 0.1) is 0 Å². The maximum Gasteiger partial charge on any atom is 0.153 e. The molecule has 3 rings (SSSR count). The number of hydrogen-bond donors (Lipinski definition) is 2. The van der Waals surface area contributed by atoms with Crippen molar-refractivity contribution in [1.29, 1.82) is 0 Å². The van der Waals surface area contributed by atoms with Crippen molar-refractivity contribution in [3.05, 3.63) is 36.8 Å². The number of nitrogens with one attached hydrogen (secondary N) is 2. The van der Waals surface area contributed by atoms with Crippen LogP contribution < -0.4 is 10.6 Å². The molecule has 0 saturated carbocycles. The third-order valence-electron chi connectivity index (χ3n) is 3.70.